The van der Waals surface area contributed by atoms with Gasteiger partial charge in [-0.3, -0.25) is 4.98 Å². The van der Waals surface area contributed by atoms with Gasteiger partial charge in [-0.05, 0) is 36.8 Å². The number of aromatic carboxylic acids is 1. The van der Waals surface area contributed by atoms with Crippen molar-refractivity contribution >= 4 is 5.97 Å². The van der Waals surface area contributed by atoms with Crippen LogP contribution >= 0.6 is 0 Å². The van der Waals surface area contributed by atoms with Crippen LogP contribution in [0, 0.1) is 11.6 Å². The Morgan fingerprint density at radius 2 is 2.00 bits per heavy atom. The number of hydrogen-bond donors (Lipinski definition) is 1. The summed E-state index contributed by atoms with van der Waals surface area (Å²) in [6, 6.07) is 5.86. The van der Waals surface area contributed by atoms with Crippen molar-refractivity contribution in [3.8, 4) is 11.3 Å². The lowest BCUT2D eigenvalue weighted by atomic mass is 10.1. The first kappa shape index (κ1) is 14.1. The number of halogens is 2. The van der Waals surface area contributed by atoms with Crippen LogP contribution in [0.25, 0.3) is 11.3 Å². The van der Waals surface area contributed by atoms with E-state index in [1.807, 2.05) is 6.92 Å². The number of hydrogen-bond acceptors (Lipinski definition) is 2. The van der Waals surface area contributed by atoms with Gasteiger partial charge < -0.3 is 5.11 Å². The zero-order chi connectivity index (χ0) is 14.7. The standard InChI is InChI=1S/C15H13F2NO2/c1-2-3-13-10(15(19)20)5-7-14(18-13)11-8-9(16)4-6-12(11)17/h4-8H,2-3H2,1H3,(H,19,20). The highest BCUT2D eigenvalue weighted by atomic mass is 19.1. The highest BCUT2D eigenvalue weighted by molar-refractivity contribution is 5.89. The van der Waals surface area contributed by atoms with Gasteiger partial charge in [0.05, 0.1) is 17.0 Å². The number of pyridine rings is 1. The van der Waals surface area contributed by atoms with Crippen molar-refractivity contribution in [3.63, 3.8) is 0 Å². The van der Waals surface area contributed by atoms with E-state index in [0.29, 0.717) is 18.5 Å². The summed E-state index contributed by atoms with van der Waals surface area (Å²) < 4.78 is 26.9. The zero-order valence-electron chi connectivity index (χ0n) is 10.9. The SMILES string of the molecule is CCCc1nc(-c2cc(F)ccc2F)ccc1C(=O)O. The quantitative estimate of drug-likeness (QED) is 0.927. The lowest BCUT2D eigenvalue weighted by Gasteiger charge is -2.08. The molecule has 0 radical (unpaired) electrons. The molecular weight excluding hydrogens is 264 g/mol. The van der Waals surface area contributed by atoms with E-state index >= 15 is 0 Å². The second-order valence-electron chi connectivity index (χ2n) is 4.37. The minimum absolute atomic E-state index is 0.0271. The Morgan fingerprint density at radius 3 is 2.65 bits per heavy atom. The molecule has 0 aliphatic rings. The van der Waals surface area contributed by atoms with Gasteiger partial charge in [-0.1, -0.05) is 13.3 Å². The van der Waals surface area contributed by atoms with E-state index < -0.39 is 17.6 Å². The summed E-state index contributed by atoms with van der Waals surface area (Å²) in [5.74, 6) is -2.24. The number of carbonyl (C=O) groups is 1. The molecule has 0 aliphatic heterocycles. The van der Waals surface area contributed by atoms with Crippen LogP contribution in [-0.4, -0.2) is 16.1 Å². The first-order chi connectivity index (χ1) is 9.52. The number of rotatable bonds is 4. The fourth-order valence-corrected chi connectivity index (χ4v) is 1.97. The van der Waals surface area contributed by atoms with Gasteiger partial charge in [0, 0.05) is 5.56 Å². The molecule has 1 N–H and O–H groups in total. The second-order valence-corrected chi connectivity index (χ2v) is 4.37. The van der Waals surface area contributed by atoms with E-state index in [2.05, 4.69) is 4.98 Å². The van der Waals surface area contributed by atoms with Gasteiger partial charge in [-0.15, -0.1) is 0 Å². The van der Waals surface area contributed by atoms with Gasteiger partial charge in [0.1, 0.15) is 11.6 Å². The molecule has 3 nitrogen and oxygen atoms in total. The Morgan fingerprint density at radius 1 is 1.25 bits per heavy atom. The van der Waals surface area contributed by atoms with Crippen molar-refractivity contribution in [2.24, 2.45) is 0 Å². The van der Waals surface area contributed by atoms with Gasteiger partial charge in [-0.25, -0.2) is 13.6 Å². The van der Waals surface area contributed by atoms with E-state index in [-0.39, 0.29) is 16.8 Å². The number of carboxylic acid groups (broad SMARTS) is 1. The highest BCUT2D eigenvalue weighted by Gasteiger charge is 2.14. The van der Waals surface area contributed by atoms with Gasteiger partial charge in [0.15, 0.2) is 0 Å². The number of carboxylic acids is 1. The Hall–Kier alpha value is -2.30. The van der Waals surface area contributed by atoms with Crippen molar-refractivity contribution in [2.75, 3.05) is 0 Å². The fourth-order valence-electron chi connectivity index (χ4n) is 1.97. The van der Waals surface area contributed by atoms with Crippen LogP contribution in [0.2, 0.25) is 0 Å². The molecule has 1 aromatic carbocycles. The molecule has 0 saturated heterocycles. The van der Waals surface area contributed by atoms with Crippen LogP contribution in [0.3, 0.4) is 0 Å². The van der Waals surface area contributed by atoms with Crippen LogP contribution in [0.4, 0.5) is 8.78 Å². The molecule has 2 rings (SSSR count). The molecule has 0 bridgehead atoms. The summed E-state index contributed by atoms with van der Waals surface area (Å²) in [7, 11) is 0. The smallest absolute Gasteiger partial charge is 0.337 e. The van der Waals surface area contributed by atoms with Gasteiger partial charge in [0.25, 0.3) is 0 Å². The molecule has 20 heavy (non-hydrogen) atoms. The summed E-state index contributed by atoms with van der Waals surface area (Å²) in [6.45, 7) is 1.89. The second kappa shape index (κ2) is 5.77. The molecule has 1 aromatic heterocycles. The molecule has 104 valence electrons. The molecule has 2 aromatic rings. The first-order valence-corrected chi connectivity index (χ1v) is 6.21. The van der Waals surface area contributed by atoms with Crippen LogP contribution in [-0.2, 0) is 6.42 Å². The van der Waals surface area contributed by atoms with Gasteiger partial charge in [-0.2, -0.15) is 0 Å². The fraction of sp³-hybridized carbons (Fsp3) is 0.200. The third kappa shape index (κ3) is 2.82. The van der Waals surface area contributed by atoms with Crippen molar-refractivity contribution in [3.05, 3.63) is 53.2 Å². The largest absolute Gasteiger partial charge is 0.478 e. The van der Waals surface area contributed by atoms with Crippen LogP contribution in [0.1, 0.15) is 29.4 Å². The monoisotopic (exact) mass is 277 g/mol. The van der Waals surface area contributed by atoms with E-state index in [1.54, 1.807) is 0 Å². The van der Waals surface area contributed by atoms with Crippen molar-refractivity contribution in [2.45, 2.75) is 19.8 Å². The zero-order valence-corrected chi connectivity index (χ0v) is 10.9. The Bertz CT molecular complexity index is 656. The highest BCUT2D eigenvalue weighted by Crippen LogP contribution is 2.24. The van der Waals surface area contributed by atoms with Gasteiger partial charge >= 0.3 is 5.97 Å². The minimum Gasteiger partial charge on any atom is -0.478 e. The van der Waals surface area contributed by atoms with Crippen molar-refractivity contribution in [1.29, 1.82) is 0 Å². The predicted molar refractivity (Wildman–Crippen MR) is 70.5 cm³/mol. The lowest BCUT2D eigenvalue weighted by Crippen LogP contribution is -2.06. The van der Waals surface area contributed by atoms with Crippen molar-refractivity contribution in [1.82, 2.24) is 4.98 Å². The molecule has 5 heteroatoms. The predicted octanol–water partition coefficient (Wildman–Crippen LogP) is 3.68. The average molecular weight is 277 g/mol. The number of aromatic nitrogens is 1. The maximum Gasteiger partial charge on any atom is 0.337 e. The molecule has 1 heterocycles. The van der Waals surface area contributed by atoms with Crippen LogP contribution in [0.15, 0.2) is 30.3 Å². The molecule has 0 fully saturated rings. The first-order valence-electron chi connectivity index (χ1n) is 6.21. The third-order valence-corrected chi connectivity index (χ3v) is 2.90. The molecule has 0 atom stereocenters. The van der Waals surface area contributed by atoms with E-state index in [1.165, 1.54) is 12.1 Å². The molecular formula is C15H13F2NO2. The third-order valence-electron chi connectivity index (χ3n) is 2.90. The van der Waals surface area contributed by atoms with E-state index in [9.17, 15) is 13.6 Å². The maximum absolute atomic E-state index is 13.7. The molecule has 0 aliphatic carbocycles. The number of benzene rings is 1. The van der Waals surface area contributed by atoms with E-state index in [4.69, 9.17) is 5.11 Å². The molecule has 0 spiro atoms. The summed E-state index contributed by atoms with van der Waals surface area (Å²) in [6.07, 6.45) is 1.18. The summed E-state index contributed by atoms with van der Waals surface area (Å²) in [5.41, 5.74) is 0.725. The molecule has 0 saturated carbocycles. The van der Waals surface area contributed by atoms with Gasteiger partial charge in [0.2, 0.25) is 0 Å². The van der Waals surface area contributed by atoms with Crippen LogP contribution in [0.5, 0.6) is 0 Å². The summed E-state index contributed by atoms with van der Waals surface area (Å²) in [4.78, 5) is 15.3. The Labute approximate surface area is 114 Å². The Balaban J connectivity index is 2.55. The van der Waals surface area contributed by atoms with Crippen LogP contribution < -0.4 is 0 Å². The molecule has 0 unspecified atom stereocenters. The normalized spacial score (nSPS) is 10.6. The summed E-state index contributed by atoms with van der Waals surface area (Å²) in [5, 5.41) is 9.08. The van der Waals surface area contributed by atoms with Crippen molar-refractivity contribution < 1.29 is 18.7 Å². The summed E-state index contributed by atoms with van der Waals surface area (Å²) >= 11 is 0. The number of aryl methyl sites for hydroxylation is 1. The molecule has 0 amide bonds. The number of nitrogens with zero attached hydrogens (tertiary/aromatic N) is 1. The average Bonchev–Trinajstić information content (AvgIpc) is 2.41. The topological polar surface area (TPSA) is 50.2 Å². The maximum atomic E-state index is 13.7. The lowest BCUT2D eigenvalue weighted by molar-refractivity contribution is 0.0695. The minimum atomic E-state index is -1.08. The van der Waals surface area contributed by atoms with E-state index in [0.717, 1.165) is 18.2 Å². The Kier molecular flexibility index (Phi) is 4.08.